The molecule has 0 aliphatic carbocycles. The van der Waals surface area contributed by atoms with Crippen LogP contribution in [0.25, 0.3) is 0 Å². The molecule has 17 heavy (non-hydrogen) atoms. The van der Waals surface area contributed by atoms with E-state index >= 15 is 0 Å². The molecule has 0 saturated heterocycles. The van der Waals surface area contributed by atoms with E-state index in [9.17, 15) is 0 Å². The Morgan fingerprint density at radius 2 is 0.824 bits per heavy atom. The van der Waals surface area contributed by atoms with E-state index in [2.05, 4.69) is 29.9 Å². The summed E-state index contributed by atoms with van der Waals surface area (Å²) in [5, 5.41) is -0.532. The molecular formula is C6Cl4N6O. The Labute approximate surface area is 114 Å². The molecule has 0 bridgehead atoms. The van der Waals surface area contributed by atoms with E-state index in [1.165, 1.54) is 0 Å². The first-order chi connectivity index (χ1) is 8.02. The Morgan fingerprint density at radius 3 is 1.12 bits per heavy atom. The monoisotopic (exact) mass is 312 g/mol. The van der Waals surface area contributed by atoms with Crippen LogP contribution < -0.4 is 4.74 Å². The van der Waals surface area contributed by atoms with Gasteiger partial charge in [0.05, 0.1) is 0 Å². The van der Waals surface area contributed by atoms with Gasteiger partial charge in [-0.15, -0.1) is 0 Å². The molecule has 2 aromatic rings. The van der Waals surface area contributed by atoms with Gasteiger partial charge in [-0.25, -0.2) is 0 Å². The van der Waals surface area contributed by atoms with Gasteiger partial charge in [0, 0.05) is 0 Å². The number of rotatable bonds is 2. The molecule has 0 aliphatic rings. The summed E-state index contributed by atoms with van der Waals surface area (Å²) in [6.45, 7) is 0. The summed E-state index contributed by atoms with van der Waals surface area (Å²) in [5.74, 6) is 0. The standard InChI is InChI=1S/C6Cl4N6O/c7-1-11-2(8)14-5(13-1)17-6-15-3(9)12-4(10)16-6. The highest BCUT2D eigenvalue weighted by atomic mass is 35.5. The Balaban J connectivity index is 2.31. The van der Waals surface area contributed by atoms with Crippen molar-refractivity contribution >= 4 is 46.4 Å². The van der Waals surface area contributed by atoms with E-state index in [4.69, 9.17) is 51.1 Å². The van der Waals surface area contributed by atoms with E-state index in [-0.39, 0.29) is 33.2 Å². The van der Waals surface area contributed by atoms with Crippen molar-refractivity contribution in [3.63, 3.8) is 0 Å². The van der Waals surface area contributed by atoms with Gasteiger partial charge in [-0.2, -0.15) is 29.9 Å². The van der Waals surface area contributed by atoms with E-state index in [1.807, 2.05) is 0 Å². The van der Waals surface area contributed by atoms with Crippen LogP contribution in [0, 0.1) is 0 Å². The second-order valence-electron chi connectivity index (χ2n) is 2.41. The van der Waals surface area contributed by atoms with Gasteiger partial charge in [-0.1, -0.05) is 0 Å². The molecular weight excluding hydrogens is 314 g/mol. The molecule has 2 heterocycles. The van der Waals surface area contributed by atoms with Gasteiger partial charge in [0.2, 0.25) is 21.1 Å². The Bertz CT molecular complexity index is 476. The largest absolute Gasteiger partial charge is 0.388 e. The third kappa shape index (κ3) is 3.47. The topological polar surface area (TPSA) is 86.6 Å². The zero-order valence-electron chi connectivity index (χ0n) is 7.60. The van der Waals surface area contributed by atoms with Gasteiger partial charge in [-0.05, 0) is 46.4 Å². The maximum Gasteiger partial charge on any atom is 0.330 e. The smallest absolute Gasteiger partial charge is 0.330 e. The zero-order valence-corrected chi connectivity index (χ0v) is 10.6. The molecule has 0 radical (unpaired) electrons. The molecule has 0 amide bonds. The average Bonchev–Trinajstić information content (AvgIpc) is 2.13. The van der Waals surface area contributed by atoms with Crippen molar-refractivity contribution in [2.45, 2.75) is 0 Å². The fourth-order valence-corrected chi connectivity index (χ4v) is 1.49. The molecule has 0 spiro atoms. The summed E-state index contributed by atoms with van der Waals surface area (Å²) in [6.07, 6.45) is 0. The van der Waals surface area contributed by atoms with E-state index < -0.39 is 0 Å². The first kappa shape index (κ1) is 12.4. The van der Waals surface area contributed by atoms with Crippen LogP contribution in [0.3, 0.4) is 0 Å². The zero-order chi connectivity index (χ0) is 12.4. The van der Waals surface area contributed by atoms with Crippen molar-refractivity contribution < 1.29 is 4.74 Å². The summed E-state index contributed by atoms with van der Waals surface area (Å²) < 4.78 is 5.04. The predicted molar refractivity (Wildman–Crippen MR) is 59.8 cm³/mol. The molecule has 7 nitrogen and oxygen atoms in total. The summed E-state index contributed by atoms with van der Waals surface area (Å²) in [6, 6.07) is -0.373. The van der Waals surface area contributed by atoms with Gasteiger partial charge in [0.25, 0.3) is 0 Å². The molecule has 0 unspecified atom stereocenters. The van der Waals surface area contributed by atoms with E-state index in [1.54, 1.807) is 0 Å². The molecule has 0 aliphatic heterocycles. The lowest BCUT2D eigenvalue weighted by Crippen LogP contribution is -1.99. The number of hydrogen-bond donors (Lipinski definition) is 0. The summed E-state index contributed by atoms with van der Waals surface area (Å²) in [5.41, 5.74) is 0. The minimum atomic E-state index is -0.187. The second kappa shape index (κ2) is 5.09. The lowest BCUT2D eigenvalue weighted by Gasteiger charge is -2.01. The van der Waals surface area contributed by atoms with E-state index in [0.29, 0.717) is 0 Å². The molecule has 0 atom stereocenters. The quantitative estimate of drug-likeness (QED) is 0.841. The van der Waals surface area contributed by atoms with E-state index in [0.717, 1.165) is 0 Å². The van der Waals surface area contributed by atoms with Gasteiger partial charge < -0.3 is 4.74 Å². The maximum absolute atomic E-state index is 5.55. The predicted octanol–water partition coefficient (Wildman–Crippen LogP) is 2.46. The van der Waals surface area contributed by atoms with Crippen molar-refractivity contribution in [2.24, 2.45) is 0 Å². The number of hydrogen-bond acceptors (Lipinski definition) is 7. The van der Waals surface area contributed by atoms with Crippen LogP contribution in [0.4, 0.5) is 0 Å². The summed E-state index contributed by atoms with van der Waals surface area (Å²) >= 11 is 22.2. The Kier molecular flexibility index (Phi) is 3.72. The molecule has 0 aromatic carbocycles. The number of nitrogens with zero attached hydrogens (tertiary/aromatic N) is 6. The van der Waals surface area contributed by atoms with Crippen molar-refractivity contribution in [2.75, 3.05) is 0 Å². The summed E-state index contributed by atoms with van der Waals surface area (Å²) in [7, 11) is 0. The molecule has 2 aromatic heterocycles. The minimum Gasteiger partial charge on any atom is -0.388 e. The number of ether oxygens (including phenoxy) is 1. The van der Waals surface area contributed by atoms with Gasteiger partial charge in [0.1, 0.15) is 0 Å². The number of aromatic nitrogens is 6. The van der Waals surface area contributed by atoms with Crippen LogP contribution in [0.1, 0.15) is 0 Å². The molecule has 0 fully saturated rings. The SMILES string of the molecule is Clc1nc(Cl)nc(Oc2nc(Cl)nc(Cl)n2)n1. The maximum atomic E-state index is 5.55. The molecule has 0 N–H and O–H groups in total. The van der Waals surface area contributed by atoms with Gasteiger partial charge >= 0.3 is 12.0 Å². The Hall–Kier alpha value is -1.02. The lowest BCUT2D eigenvalue weighted by molar-refractivity contribution is 0.403. The fourth-order valence-electron chi connectivity index (χ4n) is 0.791. The fraction of sp³-hybridized carbons (Fsp3) is 0. The van der Waals surface area contributed by atoms with Gasteiger partial charge in [-0.3, -0.25) is 0 Å². The van der Waals surface area contributed by atoms with Gasteiger partial charge in [0.15, 0.2) is 0 Å². The first-order valence-corrected chi connectivity index (χ1v) is 5.36. The molecule has 2 rings (SSSR count). The number of halogens is 4. The molecule has 88 valence electrons. The van der Waals surface area contributed by atoms with Crippen LogP contribution in [0.2, 0.25) is 21.1 Å². The van der Waals surface area contributed by atoms with Crippen LogP contribution in [0.15, 0.2) is 0 Å². The van der Waals surface area contributed by atoms with Crippen LogP contribution in [-0.2, 0) is 0 Å². The molecule has 11 heteroatoms. The molecule has 0 saturated carbocycles. The highest BCUT2D eigenvalue weighted by Crippen LogP contribution is 2.18. The third-order valence-corrected chi connectivity index (χ3v) is 1.98. The van der Waals surface area contributed by atoms with Crippen molar-refractivity contribution in [3.05, 3.63) is 21.1 Å². The highest BCUT2D eigenvalue weighted by molar-refractivity contribution is 6.31. The minimum absolute atomic E-state index is 0.133. The van der Waals surface area contributed by atoms with Crippen LogP contribution in [-0.4, -0.2) is 29.9 Å². The summed E-state index contributed by atoms with van der Waals surface area (Å²) in [4.78, 5) is 21.6. The van der Waals surface area contributed by atoms with Crippen LogP contribution >= 0.6 is 46.4 Å². The first-order valence-electron chi connectivity index (χ1n) is 3.85. The Morgan fingerprint density at radius 1 is 0.529 bits per heavy atom. The third-order valence-electron chi connectivity index (χ3n) is 1.30. The highest BCUT2D eigenvalue weighted by Gasteiger charge is 2.10. The lowest BCUT2D eigenvalue weighted by atomic mass is 10.9. The second-order valence-corrected chi connectivity index (χ2v) is 3.77. The van der Waals surface area contributed by atoms with Crippen molar-refractivity contribution in [1.29, 1.82) is 0 Å². The van der Waals surface area contributed by atoms with Crippen molar-refractivity contribution in [1.82, 2.24) is 29.9 Å². The van der Waals surface area contributed by atoms with Crippen molar-refractivity contribution in [3.8, 4) is 12.0 Å². The average molecular weight is 314 g/mol. The van der Waals surface area contributed by atoms with Crippen LogP contribution in [0.5, 0.6) is 12.0 Å². The normalized spacial score (nSPS) is 10.4.